The molecule has 0 aliphatic heterocycles. The standard InChI is InChI=1S/C13H9F5N4O/c14-8-1-7(13(16,17)18)2-9(15)10(8)12(23)21-4-6-3-20-5-22-11(6)19/h1-3,5H,4H2,(H,21,23)(H2,19,20,22). The van der Waals surface area contributed by atoms with Crippen molar-refractivity contribution < 1.29 is 26.7 Å². The van der Waals surface area contributed by atoms with Gasteiger partial charge in [-0.3, -0.25) is 4.79 Å². The first-order valence-electron chi connectivity index (χ1n) is 6.09. The van der Waals surface area contributed by atoms with Crippen molar-refractivity contribution in [3.05, 3.63) is 53.0 Å². The van der Waals surface area contributed by atoms with E-state index in [1.54, 1.807) is 0 Å². The summed E-state index contributed by atoms with van der Waals surface area (Å²) in [5.74, 6) is -4.41. The zero-order valence-electron chi connectivity index (χ0n) is 11.3. The molecular weight excluding hydrogens is 323 g/mol. The first kappa shape index (κ1) is 16.6. The maximum atomic E-state index is 13.6. The third kappa shape index (κ3) is 3.71. The third-order valence-electron chi connectivity index (χ3n) is 2.86. The SMILES string of the molecule is Nc1ncncc1CNC(=O)c1c(F)cc(C(F)(F)F)cc1F. The van der Waals surface area contributed by atoms with Crippen molar-refractivity contribution in [2.75, 3.05) is 5.73 Å². The number of hydrogen-bond donors (Lipinski definition) is 2. The monoisotopic (exact) mass is 332 g/mol. The average molecular weight is 332 g/mol. The van der Waals surface area contributed by atoms with Crippen molar-refractivity contribution in [3.8, 4) is 0 Å². The summed E-state index contributed by atoms with van der Waals surface area (Å²) >= 11 is 0. The Bertz CT molecular complexity index is 724. The molecule has 1 heterocycles. The van der Waals surface area contributed by atoms with Crippen LogP contribution in [-0.4, -0.2) is 15.9 Å². The highest BCUT2D eigenvalue weighted by molar-refractivity contribution is 5.94. The lowest BCUT2D eigenvalue weighted by Crippen LogP contribution is -2.26. The summed E-state index contributed by atoms with van der Waals surface area (Å²) in [5, 5.41) is 2.14. The molecule has 122 valence electrons. The Labute approximate surface area is 126 Å². The number of benzene rings is 1. The number of hydrogen-bond acceptors (Lipinski definition) is 4. The lowest BCUT2D eigenvalue weighted by Gasteiger charge is -2.11. The zero-order valence-corrected chi connectivity index (χ0v) is 11.3. The highest BCUT2D eigenvalue weighted by Crippen LogP contribution is 2.31. The molecule has 23 heavy (non-hydrogen) atoms. The fourth-order valence-corrected chi connectivity index (χ4v) is 1.72. The molecule has 0 aliphatic rings. The molecule has 10 heteroatoms. The van der Waals surface area contributed by atoms with E-state index in [0.717, 1.165) is 6.33 Å². The third-order valence-corrected chi connectivity index (χ3v) is 2.86. The van der Waals surface area contributed by atoms with E-state index in [1.165, 1.54) is 6.20 Å². The van der Waals surface area contributed by atoms with Gasteiger partial charge in [-0.2, -0.15) is 13.2 Å². The van der Waals surface area contributed by atoms with Gasteiger partial charge in [0, 0.05) is 18.3 Å². The van der Waals surface area contributed by atoms with Gasteiger partial charge in [0.25, 0.3) is 5.91 Å². The van der Waals surface area contributed by atoms with Gasteiger partial charge in [0.05, 0.1) is 5.56 Å². The average Bonchev–Trinajstić information content (AvgIpc) is 2.44. The molecular formula is C13H9F5N4O. The Kier molecular flexibility index (Phi) is 4.43. The molecule has 2 aromatic rings. The van der Waals surface area contributed by atoms with Gasteiger partial charge < -0.3 is 11.1 Å². The van der Waals surface area contributed by atoms with E-state index < -0.39 is 34.8 Å². The first-order chi connectivity index (χ1) is 10.7. The molecule has 1 aromatic heterocycles. The predicted octanol–water partition coefficient (Wildman–Crippen LogP) is 2.29. The summed E-state index contributed by atoms with van der Waals surface area (Å²) in [6.45, 7) is -0.245. The van der Waals surface area contributed by atoms with Crippen LogP contribution in [0.15, 0.2) is 24.7 Å². The number of rotatable bonds is 3. The Hall–Kier alpha value is -2.78. The van der Waals surface area contributed by atoms with Crippen molar-refractivity contribution in [1.29, 1.82) is 0 Å². The summed E-state index contributed by atoms with van der Waals surface area (Å²) in [6.07, 6.45) is -2.48. The van der Waals surface area contributed by atoms with Gasteiger partial charge in [-0.15, -0.1) is 0 Å². The second kappa shape index (κ2) is 6.15. The molecule has 3 N–H and O–H groups in total. The van der Waals surface area contributed by atoms with Crippen LogP contribution < -0.4 is 11.1 Å². The van der Waals surface area contributed by atoms with Gasteiger partial charge in [-0.05, 0) is 12.1 Å². The van der Waals surface area contributed by atoms with Crippen molar-refractivity contribution in [2.45, 2.75) is 12.7 Å². The number of carbonyl (C=O) groups excluding carboxylic acids is 1. The number of amides is 1. The largest absolute Gasteiger partial charge is 0.416 e. The van der Waals surface area contributed by atoms with Crippen molar-refractivity contribution in [3.63, 3.8) is 0 Å². The first-order valence-corrected chi connectivity index (χ1v) is 6.09. The Morgan fingerprint density at radius 2 is 1.83 bits per heavy atom. The lowest BCUT2D eigenvalue weighted by atomic mass is 10.1. The molecule has 0 atom stereocenters. The van der Waals surface area contributed by atoms with Crippen LogP contribution in [0.3, 0.4) is 0 Å². The van der Waals surface area contributed by atoms with E-state index in [-0.39, 0.29) is 30.1 Å². The summed E-state index contributed by atoms with van der Waals surface area (Å²) in [7, 11) is 0. The lowest BCUT2D eigenvalue weighted by molar-refractivity contribution is -0.138. The molecule has 0 aliphatic carbocycles. The molecule has 0 fully saturated rings. The predicted molar refractivity (Wildman–Crippen MR) is 69.0 cm³/mol. The maximum absolute atomic E-state index is 13.6. The number of anilines is 1. The number of nitrogens with zero attached hydrogens (tertiary/aromatic N) is 2. The van der Waals surface area contributed by atoms with E-state index in [1.807, 2.05) is 0 Å². The minimum Gasteiger partial charge on any atom is -0.383 e. The van der Waals surface area contributed by atoms with E-state index in [2.05, 4.69) is 15.3 Å². The smallest absolute Gasteiger partial charge is 0.383 e. The Balaban J connectivity index is 2.22. The van der Waals surface area contributed by atoms with Crippen molar-refractivity contribution in [1.82, 2.24) is 15.3 Å². The zero-order chi connectivity index (χ0) is 17.2. The van der Waals surface area contributed by atoms with Crippen LogP contribution in [-0.2, 0) is 12.7 Å². The normalized spacial score (nSPS) is 11.3. The van der Waals surface area contributed by atoms with Crippen molar-refractivity contribution >= 4 is 11.7 Å². The Morgan fingerprint density at radius 1 is 1.22 bits per heavy atom. The molecule has 0 radical (unpaired) electrons. The number of nitrogen functional groups attached to an aromatic ring is 1. The summed E-state index contributed by atoms with van der Waals surface area (Å²) < 4.78 is 64.6. The molecule has 1 aromatic carbocycles. The van der Waals surface area contributed by atoms with Crippen LogP contribution in [0.1, 0.15) is 21.5 Å². The fourth-order valence-electron chi connectivity index (χ4n) is 1.72. The number of halogens is 5. The maximum Gasteiger partial charge on any atom is 0.416 e. The molecule has 2 rings (SSSR count). The Morgan fingerprint density at radius 3 is 2.35 bits per heavy atom. The van der Waals surface area contributed by atoms with Crippen LogP contribution in [0.5, 0.6) is 0 Å². The van der Waals surface area contributed by atoms with E-state index in [4.69, 9.17) is 5.73 Å². The fraction of sp³-hybridized carbons (Fsp3) is 0.154. The van der Waals surface area contributed by atoms with Crippen LogP contribution >= 0.6 is 0 Å². The molecule has 0 saturated carbocycles. The van der Waals surface area contributed by atoms with Crippen LogP contribution in [0.4, 0.5) is 27.8 Å². The molecule has 0 bridgehead atoms. The van der Waals surface area contributed by atoms with Gasteiger partial charge in [0.15, 0.2) is 0 Å². The number of nitrogens with two attached hydrogens (primary N) is 1. The summed E-state index contributed by atoms with van der Waals surface area (Å²) in [6, 6.07) is 0.107. The second-order valence-corrected chi connectivity index (χ2v) is 4.43. The molecule has 1 amide bonds. The number of nitrogens with one attached hydrogen (secondary N) is 1. The summed E-state index contributed by atoms with van der Waals surface area (Å²) in [4.78, 5) is 19.1. The topological polar surface area (TPSA) is 80.9 Å². The minimum atomic E-state index is -4.92. The number of aromatic nitrogens is 2. The molecule has 0 unspecified atom stereocenters. The van der Waals surface area contributed by atoms with Gasteiger partial charge in [-0.25, -0.2) is 18.7 Å². The van der Waals surface area contributed by atoms with Gasteiger partial charge in [0.2, 0.25) is 0 Å². The molecule has 5 nitrogen and oxygen atoms in total. The van der Waals surface area contributed by atoms with Crippen molar-refractivity contribution in [2.24, 2.45) is 0 Å². The minimum absolute atomic E-state index is 0.0497. The molecule has 0 saturated heterocycles. The van der Waals surface area contributed by atoms with Crippen LogP contribution in [0.25, 0.3) is 0 Å². The van der Waals surface area contributed by atoms with Gasteiger partial charge >= 0.3 is 6.18 Å². The number of carbonyl (C=O) groups is 1. The van der Waals surface area contributed by atoms with E-state index in [9.17, 15) is 26.7 Å². The second-order valence-electron chi connectivity index (χ2n) is 4.43. The van der Waals surface area contributed by atoms with Crippen LogP contribution in [0.2, 0.25) is 0 Å². The molecule has 0 spiro atoms. The quantitative estimate of drug-likeness (QED) is 0.845. The number of alkyl halides is 3. The van der Waals surface area contributed by atoms with Gasteiger partial charge in [0.1, 0.15) is 29.3 Å². The van der Waals surface area contributed by atoms with Crippen LogP contribution in [0, 0.1) is 11.6 Å². The van der Waals surface area contributed by atoms with E-state index in [0.29, 0.717) is 0 Å². The van der Waals surface area contributed by atoms with Gasteiger partial charge in [-0.1, -0.05) is 0 Å². The summed E-state index contributed by atoms with van der Waals surface area (Å²) in [5.41, 5.74) is 3.14. The highest BCUT2D eigenvalue weighted by atomic mass is 19.4. The highest BCUT2D eigenvalue weighted by Gasteiger charge is 2.33. The van der Waals surface area contributed by atoms with E-state index >= 15 is 0 Å².